The van der Waals surface area contributed by atoms with Gasteiger partial charge in [-0.2, -0.15) is 0 Å². The van der Waals surface area contributed by atoms with Gasteiger partial charge in [0.15, 0.2) is 0 Å². The Morgan fingerprint density at radius 2 is 2.00 bits per heavy atom. The third kappa shape index (κ3) is 3.68. The lowest BCUT2D eigenvalue weighted by Crippen LogP contribution is -2.46. The number of nitrogens with one attached hydrogen (secondary N) is 2. The number of urea groups is 1. The van der Waals surface area contributed by atoms with Crippen molar-refractivity contribution in [2.24, 2.45) is 5.92 Å². The van der Waals surface area contributed by atoms with Gasteiger partial charge >= 0.3 is 6.03 Å². The van der Waals surface area contributed by atoms with Crippen LogP contribution in [0.3, 0.4) is 0 Å². The average Bonchev–Trinajstić information content (AvgIpc) is 2.53. The lowest BCUT2D eigenvalue weighted by molar-refractivity contribution is 0.130. The van der Waals surface area contributed by atoms with Gasteiger partial charge in [0.1, 0.15) is 0 Å². The van der Waals surface area contributed by atoms with Gasteiger partial charge in [-0.05, 0) is 37.3 Å². The second-order valence-electron chi connectivity index (χ2n) is 6.04. The van der Waals surface area contributed by atoms with Crippen LogP contribution in [0.1, 0.15) is 18.5 Å². The van der Waals surface area contributed by atoms with Crippen LogP contribution in [0.25, 0.3) is 11.1 Å². The predicted octanol–water partition coefficient (Wildman–Crippen LogP) is 2.95. The van der Waals surface area contributed by atoms with Crippen LogP contribution in [0.4, 0.5) is 10.5 Å². The molecule has 0 unspecified atom stereocenters. The summed E-state index contributed by atoms with van der Waals surface area (Å²) in [5, 5.41) is 14.8. The van der Waals surface area contributed by atoms with Crippen LogP contribution < -0.4 is 10.6 Å². The van der Waals surface area contributed by atoms with Gasteiger partial charge in [0.2, 0.25) is 0 Å². The van der Waals surface area contributed by atoms with E-state index in [0.717, 1.165) is 29.7 Å². The summed E-state index contributed by atoms with van der Waals surface area (Å²) in [5.74, 6) is 0.324. The summed E-state index contributed by atoms with van der Waals surface area (Å²) in [6, 6.07) is 11.8. The van der Waals surface area contributed by atoms with E-state index >= 15 is 0 Å². The number of carbonyl (C=O) groups is 1. The van der Waals surface area contributed by atoms with Crippen LogP contribution in [-0.4, -0.2) is 28.8 Å². The third-order valence-corrected chi connectivity index (χ3v) is 4.27. The zero-order valence-electron chi connectivity index (χ0n) is 13.1. The van der Waals surface area contributed by atoms with E-state index in [2.05, 4.69) is 15.6 Å². The first-order valence-corrected chi connectivity index (χ1v) is 7.86. The number of aliphatic hydroxyl groups excluding tert-OH is 1. The van der Waals surface area contributed by atoms with Crippen LogP contribution in [0.5, 0.6) is 0 Å². The molecule has 0 aliphatic heterocycles. The first-order chi connectivity index (χ1) is 11.2. The van der Waals surface area contributed by atoms with E-state index in [1.807, 2.05) is 49.5 Å². The molecule has 3 N–H and O–H groups in total. The molecular weight excluding hydrogens is 290 g/mol. The Morgan fingerprint density at radius 1 is 1.26 bits per heavy atom. The number of nitrogens with zero attached hydrogens (tertiary/aromatic N) is 1. The first kappa shape index (κ1) is 15.5. The molecule has 0 radical (unpaired) electrons. The Hall–Kier alpha value is -2.40. The number of benzene rings is 1. The quantitative estimate of drug-likeness (QED) is 0.812. The highest BCUT2D eigenvalue weighted by Crippen LogP contribution is 2.27. The fourth-order valence-corrected chi connectivity index (χ4v) is 2.79. The normalized spacial score (nSPS) is 19.7. The number of anilines is 1. The van der Waals surface area contributed by atoms with E-state index in [4.69, 9.17) is 5.11 Å². The van der Waals surface area contributed by atoms with Crippen LogP contribution in [-0.2, 0) is 0 Å². The lowest BCUT2D eigenvalue weighted by Gasteiger charge is -2.34. The number of aromatic nitrogens is 1. The summed E-state index contributed by atoms with van der Waals surface area (Å²) in [7, 11) is 0. The number of aliphatic hydroxyl groups is 1. The van der Waals surface area contributed by atoms with Gasteiger partial charge in [0.25, 0.3) is 0 Å². The van der Waals surface area contributed by atoms with E-state index in [-0.39, 0.29) is 18.7 Å². The van der Waals surface area contributed by atoms with E-state index in [1.54, 1.807) is 0 Å². The van der Waals surface area contributed by atoms with Crippen molar-refractivity contribution in [3.63, 3.8) is 0 Å². The summed E-state index contributed by atoms with van der Waals surface area (Å²) >= 11 is 0. The number of amides is 2. The van der Waals surface area contributed by atoms with E-state index < -0.39 is 0 Å². The third-order valence-electron chi connectivity index (χ3n) is 4.27. The summed E-state index contributed by atoms with van der Waals surface area (Å²) in [5.41, 5.74) is 3.52. The monoisotopic (exact) mass is 311 g/mol. The highest BCUT2D eigenvalue weighted by atomic mass is 16.3. The summed E-state index contributed by atoms with van der Waals surface area (Å²) in [6.07, 6.45) is 3.49. The molecule has 5 nitrogen and oxygen atoms in total. The molecule has 1 aromatic heterocycles. The van der Waals surface area contributed by atoms with Gasteiger partial charge < -0.3 is 15.7 Å². The van der Waals surface area contributed by atoms with Crippen molar-refractivity contribution < 1.29 is 9.90 Å². The molecule has 2 amide bonds. The largest absolute Gasteiger partial charge is 0.396 e. The van der Waals surface area contributed by atoms with E-state index in [1.165, 1.54) is 0 Å². The minimum atomic E-state index is -0.221. The van der Waals surface area contributed by atoms with Gasteiger partial charge in [-0.3, -0.25) is 4.98 Å². The number of aryl methyl sites for hydroxylation is 1. The maximum atomic E-state index is 12.1. The van der Waals surface area contributed by atoms with Crippen molar-refractivity contribution in [1.29, 1.82) is 0 Å². The maximum Gasteiger partial charge on any atom is 0.319 e. The zero-order chi connectivity index (χ0) is 16.2. The molecule has 0 bridgehead atoms. The molecule has 120 valence electrons. The number of pyridine rings is 1. The van der Waals surface area contributed by atoms with Crippen molar-refractivity contribution >= 4 is 11.7 Å². The molecule has 1 aromatic carbocycles. The van der Waals surface area contributed by atoms with Gasteiger partial charge in [-0.1, -0.05) is 30.3 Å². The highest BCUT2D eigenvalue weighted by Gasteiger charge is 2.29. The maximum absolute atomic E-state index is 12.1. The van der Waals surface area contributed by atoms with Crippen molar-refractivity contribution in [1.82, 2.24) is 10.3 Å². The highest BCUT2D eigenvalue weighted by molar-refractivity contribution is 5.91. The Morgan fingerprint density at radius 3 is 2.70 bits per heavy atom. The summed E-state index contributed by atoms with van der Waals surface area (Å²) < 4.78 is 0. The topological polar surface area (TPSA) is 74.2 Å². The average molecular weight is 311 g/mol. The molecule has 3 rings (SSSR count). The number of hydrogen-bond donors (Lipinski definition) is 3. The van der Waals surface area contributed by atoms with Gasteiger partial charge in [0.05, 0.1) is 11.4 Å². The molecule has 2 aromatic rings. The van der Waals surface area contributed by atoms with Gasteiger partial charge in [0, 0.05) is 24.4 Å². The van der Waals surface area contributed by atoms with Crippen molar-refractivity contribution in [3.05, 3.63) is 48.3 Å². The number of hydrogen-bond acceptors (Lipinski definition) is 3. The Balaban J connectivity index is 1.66. The van der Waals surface area contributed by atoms with Gasteiger partial charge in [-0.25, -0.2) is 4.79 Å². The lowest BCUT2D eigenvalue weighted by atomic mass is 9.81. The van der Waals surface area contributed by atoms with E-state index in [9.17, 15) is 4.79 Å². The van der Waals surface area contributed by atoms with Crippen molar-refractivity contribution in [3.8, 4) is 11.1 Å². The molecule has 0 atom stereocenters. The molecule has 1 aliphatic rings. The van der Waals surface area contributed by atoms with Crippen LogP contribution in [0.15, 0.2) is 42.6 Å². The van der Waals surface area contributed by atoms with Gasteiger partial charge in [-0.15, -0.1) is 0 Å². The molecule has 1 fully saturated rings. The van der Waals surface area contributed by atoms with Crippen LogP contribution >= 0.6 is 0 Å². The Bertz CT molecular complexity index is 682. The number of carbonyl (C=O) groups excluding carboxylic acids is 1. The molecule has 0 spiro atoms. The van der Waals surface area contributed by atoms with Crippen molar-refractivity contribution in [2.45, 2.75) is 25.8 Å². The molecular formula is C18H21N3O2. The Labute approximate surface area is 135 Å². The predicted molar refractivity (Wildman–Crippen MR) is 90.2 cm³/mol. The SMILES string of the molecule is Cc1ncc(-c2ccccc2)cc1NC(=O)NC1CC(CO)C1. The molecule has 5 heteroatoms. The van der Waals surface area contributed by atoms with Crippen LogP contribution in [0, 0.1) is 12.8 Å². The molecule has 0 saturated heterocycles. The van der Waals surface area contributed by atoms with E-state index in [0.29, 0.717) is 11.6 Å². The molecule has 1 aliphatic carbocycles. The van der Waals surface area contributed by atoms with Crippen molar-refractivity contribution in [2.75, 3.05) is 11.9 Å². The standard InChI is InChI=1S/C18H21N3O2/c1-12-17(21-18(23)20-16-7-13(8-16)11-22)9-15(10-19-12)14-5-3-2-4-6-14/h2-6,9-10,13,16,22H,7-8,11H2,1H3,(H2,20,21,23). The molecule has 1 saturated carbocycles. The first-order valence-electron chi connectivity index (χ1n) is 7.86. The fourth-order valence-electron chi connectivity index (χ4n) is 2.79. The second kappa shape index (κ2) is 6.79. The summed E-state index contributed by atoms with van der Waals surface area (Å²) in [6.45, 7) is 2.07. The van der Waals surface area contributed by atoms with Crippen LogP contribution in [0.2, 0.25) is 0 Å². The molecule has 23 heavy (non-hydrogen) atoms. The second-order valence-corrected chi connectivity index (χ2v) is 6.04. The zero-order valence-corrected chi connectivity index (χ0v) is 13.1. The number of rotatable bonds is 4. The molecule has 1 heterocycles. The summed E-state index contributed by atoms with van der Waals surface area (Å²) in [4.78, 5) is 16.5. The minimum absolute atomic E-state index is 0.151. The smallest absolute Gasteiger partial charge is 0.319 e. The minimum Gasteiger partial charge on any atom is -0.396 e. The Kier molecular flexibility index (Phi) is 4.57. The fraction of sp³-hybridized carbons (Fsp3) is 0.333.